The molecule has 1 aromatic rings. The number of para-hydroxylation sites is 1. The van der Waals surface area contributed by atoms with Gasteiger partial charge in [0.25, 0.3) is 0 Å². The van der Waals surface area contributed by atoms with Crippen molar-refractivity contribution in [2.75, 3.05) is 18.0 Å². The highest BCUT2D eigenvalue weighted by Crippen LogP contribution is 2.35. The van der Waals surface area contributed by atoms with Crippen LogP contribution in [0.5, 0.6) is 0 Å². The first kappa shape index (κ1) is 13.4. The molecule has 1 saturated heterocycles. The SMILES string of the molecule is CC1(C)CCCN(c2c(Cl)cccc2C=O)CC1. The highest BCUT2D eigenvalue weighted by molar-refractivity contribution is 6.33. The number of hydrogen-bond donors (Lipinski definition) is 0. The van der Waals surface area contributed by atoms with Crippen molar-refractivity contribution in [1.82, 2.24) is 0 Å². The van der Waals surface area contributed by atoms with E-state index in [-0.39, 0.29) is 0 Å². The predicted molar refractivity (Wildman–Crippen MR) is 76.7 cm³/mol. The van der Waals surface area contributed by atoms with E-state index in [1.807, 2.05) is 18.2 Å². The summed E-state index contributed by atoms with van der Waals surface area (Å²) in [5.74, 6) is 0. The monoisotopic (exact) mass is 265 g/mol. The van der Waals surface area contributed by atoms with Gasteiger partial charge in [0.05, 0.1) is 10.7 Å². The van der Waals surface area contributed by atoms with Gasteiger partial charge in [-0.3, -0.25) is 4.79 Å². The Morgan fingerprint density at radius 3 is 2.78 bits per heavy atom. The molecular formula is C15H20ClNO. The second-order valence-corrected chi connectivity index (χ2v) is 6.21. The molecule has 0 bridgehead atoms. The van der Waals surface area contributed by atoms with Gasteiger partial charge in [-0.25, -0.2) is 0 Å². The third-order valence-corrected chi connectivity index (χ3v) is 4.11. The van der Waals surface area contributed by atoms with E-state index in [9.17, 15) is 4.79 Å². The van der Waals surface area contributed by atoms with Gasteiger partial charge in [0.15, 0.2) is 6.29 Å². The van der Waals surface area contributed by atoms with Gasteiger partial charge >= 0.3 is 0 Å². The summed E-state index contributed by atoms with van der Waals surface area (Å²) < 4.78 is 0. The number of carbonyl (C=O) groups is 1. The van der Waals surface area contributed by atoms with Gasteiger partial charge in [-0.15, -0.1) is 0 Å². The highest BCUT2D eigenvalue weighted by atomic mass is 35.5. The molecule has 18 heavy (non-hydrogen) atoms. The largest absolute Gasteiger partial charge is 0.370 e. The predicted octanol–water partition coefficient (Wildman–Crippen LogP) is 4.17. The summed E-state index contributed by atoms with van der Waals surface area (Å²) in [5, 5.41) is 0.680. The summed E-state index contributed by atoms with van der Waals surface area (Å²) >= 11 is 6.27. The van der Waals surface area contributed by atoms with Crippen molar-refractivity contribution >= 4 is 23.6 Å². The standard InChI is InChI=1S/C15H20ClNO/c1-15(2)7-4-9-17(10-8-15)14-12(11-18)5-3-6-13(14)16/h3,5-6,11H,4,7-10H2,1-2H3. The number of aldehydes is 1. The van der Waals surface area contributed by atoms with E-state index in [0.29, 0.717) is 16.0 Å². The number of benzene rings is 1. The summed E-state index contributed by atoms with van der Waals surface area (Å²) in [5.41, 5.74) is 1.99. The zero-order chi connectivity index (χ0) is 13.2. The van der Waals surface area contributed by atoms with Gasteiger partial charge in [0.1, 0.15) is 0 Å². The quantitative estimate of drug-likeness (QED) is 0.748. The average Bonchev–Trinajstić information content (AvgIpc) is 2.50. The van der Waals surface area contributed by atoms with Crippen LogP contribution in [0.15, 0.2) is 18.2 Å². The number of halogens is 1. The molecule has 1 aliphatic rings. The normalized spacial score (nSPS) is 19.4. The molecule has 0 N–H and O–H groups in total. The molecule has 0 unspecified atom stereocenters. The Hall–Kier alpha value is -1.02. The van der Waals surface area contributed by atoms with E-state index >= 15 is 0 Å². The van der Waals surface area contributed by atoms with Crippen LogP contribution in [0.4, 0.5) is 5.69 Å². The average molecular weight is 266 g/mol. The molecule has 1 fully saturated rings. The summed E-state index contributed by atoms with van der Waals surface area (Å²) in [6.07, 6.45) is 4.41. The summed E-state index contributed by atoms with van der Waals surface area (Å²) in [6, 6.07) is 5.53. The molecule has 0 spiro atoms. The van der Waals surface area contributed by atoms with E-state index < -0.39 is 0 Å². The molecule has 98 valence electrons. The van der Waals surface area contributed by atoms with Gasteiger partial charge in [-0.05, 0) is 36.8 Å². The molecule has 1 heterocycles. The Morgan fingerprint density at radius 2 is 2.06 bits per heavy atom. The van der Waals surface area contributed by atoms with Crippen molar-refractivity contribution in [2.45, 2.75) is 33.1 Å². The maximum atomic E-state index is 11.2. The van der Waals surface area contributed by atoms with Gasteiger partial charge in [0, 0.05) is 18.7 Å². The van der Waals surface area contributed by atoms with Crippen LogP contribution in [0.2, 0.25) is 5.02 Å². The van der Waals surface area contributed by atoms with Crippen LogP contribution in [0.25, 0.3) is 0 Å². The van der Waals surface area contributed by atoms with Crippen LogP contribution >= 0.6 is 11.6 Å². The molecule has 1 aromatic carbocycles. The number of carbonyl (C=O) groups excluding carboxylic acids is 1. The maximum absolute atomic E-state index is 11.2. The number of anilines is 1. The second-order valence-electron chi connectivity index (χ2n) is 5.80. The molecule has 3 heteroatoms. The molecule has 0 atom stereocenters. The first-order valence-electron chi connectivity index (χ1n) is 6.52. The van der Waals surface area contributed by atoms with E-state index in [2.05, 4.69) is 18.7 Å². The fraction of sp³-hybridized carbons (Fsp3) is 0.533. The first-order chi connectivity index (χ1) is 8.53. The number of nitrogens with zero attached hydrogens (tertiary/aromatic N) is 1. The molecule has 0 saturated carbocycles. The Morgan fingerprint density at radius 1 is 1.28 bits per heavy atom. The van der Waals surface area contributed by atoms with Crippen LogP contribution in [0.3, 0.4) is 0 Å². The van der Waals surface area contributed by atoms with Crippen molar-refractivity contribution < 1.29 is 4.79 Å². The van der Waals surface area contributed by atoms with Crippen molar-refractivity contribution in [3.05, 3.63) is 28.8 Å². The van der Waals surface area contributed by atoms with Gasteiger partial charge in [0.2, 0.25) is 0 Å². The molecule has 0 aromatic heterocycles. The fourth-order valence-corrected chi connectivity index (χ4v) is 2.91. The molecule has 1 aliphatic heterocycles. The van der Waals surface area contributed by atoms with Crippen LogP contribution in [-0.4, -0.2) is 19.4 Å². The second kappa shape index (κ2) is 5.31. The minimum absolute atomic E-state index is 0.386. The number of hydrogen-bond acceptors (Lipinski definition) is 2. The molecule has 0 aliphatic carbocycles. The molecule has 2 rings (SSSR count). The van der Waals surface area contributed by atoms with Crippen molar-refractivity contribution in [1.29, 1.82) is 0 Å². The highest BCUT2D eigenvalue weighted by Gasteiger charge is 2.25. The van der Waals surface area contributed by atoms with Crippen LogP contribution < -0.4 is 4.90 Å². The molecular weight excluding hydrogens is 246 g/mol. The minimum Gasteiger partial charge on any atom is -0.370 e. The third-order valence-electron chi connectivity index (χ3n) is 3.80. The smallest absolute Gasteiger partial charge is 0.152 e. The lowest BCUT2D eigenvalue weighted by atomic mass is 9.85. The third kappa shape index (κ3) is 2.86. The van der Waals surface area contributed by atoms with Crippen molar-refractivity contribution in [3.8, 4) is 0 Å². The summed E-state index contributed by atoms with van der Waals surface area (Å²) in [4.78, 5) is 13.4. The molecule has 0 amide bonds. The minimum atomic E-state index is 0.386. The van der Waals surface area contributed by atoms with E-state index in [0.717, 1.165) is 37.9 Å². The zero-order valence-corrected chi connectivity index (χ0v) is 11.8. The molecule has 0 radical (unpaired) electrons. The molecule has 2 nitrogen and oxygen atoms in total. The lowest BCUT2D eigenvalue weighted by Crippen LogP contribution is -2.26. The first-order valence-corrected chi connectivity index (χ1v) is 6.90. The Balaban J connectivity index is 2.29. The lowest BCUT2D eigenvalue weighted by molar-refractivity contribution is 0.112. The van der Waals surface area contributed by atoms with Gasteiger partial charge in [-0.2, -0.15) is 0 Å². The Kier molecular flexibility index (Phi) is 3.96. The van der Waals surface area contributed by atoms with E-state index in [1.54, 1.807) is 0 Å². The van der Waals surface area contributed by atoms with E-state index in [1.165, 1.54) is 6.42 Å². The Bertz CT molecular complexity index is 442. The topological polar surface area (TPSA) is 20.3 Å². The fourth-order valence-electron chi connectivity index (χ4n) is 2.61. The summed E-state index contributed by atoms with van der Waals surface area (Å²) in [7, 11) is 0. The van der Waals surface area contributed by atoms with Crippen molar-refractivity contribution in [3.63, 3.8) is 0 Å². The van der Waals surface area contributed by atoms with E-state index in [4.69, 9.17) is 11.6 Å². The van der Waals surface area contributed by atoms with Crippen molar-refractivity contribution in [2.24, 2.45) is 5.41 Å². The Labute approximate surface area is 114 Å². The zero-order valence-electron chi connectivity index (χ0n) is 11.1. The van der Waals surface area contributed by atoms with Gasteiger partial charge in [-0.1, -0.05) is 31.5 Å². The lowest BCUT2D eigenvalue weighted by Gasteiger charge is -2.26. The maximum Gasteiger partial charge on any atom is 0.152 e. The summed E-state index contributed by atoms with van der Waals surface area (Å²) in [6.45, 7) is 6.57. The number of rotatable bonds is 2. The van der Waals surface area contributed by atoms with Crippen LogP contribution in [0.1, 0.15) is 43.5 Å². The van der Waals surface area contributed by atoms with Crippen LogP contribution in [0, 0.1) is 5.41 Å². The van der Waals surface area contributed by atoms with Crippen LogP contribution in [-0.2, 0) is 0 Å². The van der Waals surface area contributed by atoms with Gasteiger partial charge < -0.3 is 4.90 Å².